The van der Waals surface area contributed by atoms with Gasteiger partial charge < -0.3 is 5.11 Å². The minimum Gasteiger partial charge on any atom is -0.391 e. The third kappa shape index (κ3) is 3.37. The molecule has 1 unspecified atom stereocenters. The summed E-state index contributed by atoms with van der Waals surface area (Å²) in [6.07, 6.45) is 4.14. The number of thiophene rings is 1. The van der Waals surface area contributed by atoms with Gasteiger partial charge in [-0.05, 0) is 37.3 Å². The smallest absolute Gasteiger partial charge is 0.252 e. The third-order valence-electron chi connectivity index (χ3n) is 3.77. The highest BCUT2D eigenvalue weighted by Crippen LogP contribution is 2.28. The minimum atomic E-state index is -3.37. The molecule has 0 radical (unpaired) electrons. The van der Waals surface area contributed by atoms with E-state index in [4.69, 9.17) is 5.11 Å². The number of aliphatic hydroxyl groups excluding tert-OH is 1. The van der Waals surface area contributed by atoms with Gasteiger partial charge in [0.1, 0.15) is 4.21 Å². The molecule has 1 aromatic heterocycles. The summed E-state index contributed by atoms with van der Waals surface area (Å²) in [4.78, 5) is 0.694. The normalized spacial score (nSPS) is 22.3. The molecule has 1 saturated heterocycles. The highest BCUT2D eigenvalue weighted by molar-refractivity contribution is 7.91. The Hall–Kier alpha value is -0.430. The first-order valence-corrected chi connectivity index (χ1v) is 9.03. The Morgan fingerprint density at radius 2 is 2.16 bits per heavy atom. The van der Waals surface area contributed by atoms with Crippen LogP contribution in [0.1, 0.15) is 37.5 Å². The fourth-order valence-corrected chi connectivity index (χ4v) is 5.36. The van der Waals surface area contributed by atoms with Gasteiger partial charge in [-0.2, -0.15) is 4.31 Å². The number of hydrogen-bond donors (Lipinski definition) is 1. The van der Waals surface area contributed by atoms with Crippen molar-refractivity contribution in [2.45, 2.75) is 43.4 Å². The van der Waals surface area contributed by atoms with Gasteiger partial charge in [-0.15, -0.1) is 11.3 Å². The van der Waals surface area contributed by atoms with Gasteiger partial charge >= 0.3 is 0 Å². The molecule has 1 N–H and O–H groups in total. The summed E-state index contributed by atoms with van der Waals surface area (Å²) in [5.41, 5.74) is 0. The standard InChI is InChI=1S/C13H21NO3S2/c1-2-11-4-3-8-14(9-7-11)19(16,17)13-6-5-12(10-15)18-13/h5-6,11,15H,2-4,7-10H2,1H3. The number of hydrogen-bond acceptors (Lipinski definition) is 4. The van der Waals surface area contributed by atoms with Gasteiger partial charge in [0.2, 0.25) is 0 Å². The van der Waals surface area contributed by atoms with Crippen molar-refractivity contribution < 1.29 is 13.5 Å². The lowest BCUT2D eigenvalue weighted by Gasteiger charge is -2.19. The van der Waals surface area contributed by atoms with Gasteiger partial charge in [0.15, 0.2) is 0 Å². The maximum absolute atomic E-state index is 12.5. The van der Waals surface area contributed by atoms with Gasteiger partial charge in [-0.1, -0.05) is 13.3 Å². The first-order chi connectivity index (χ1) is 9.07. The molecule has 0 aliphatic carbocycles. The van der Waals surface area contributed by atoms with Crippen LogP contribution >= 0.6 is 11.3 Å². The molecular formula is C13H21NO3S2. The van der Waals surface area contributed by atoms with E-state index in [1.807, 2.05) is 0 Å². The lowest BCUT2D eigenvalue weighted by molar-refractivity contribution is 0.285. The van der Waals surface area contributed by atoms with Crippen molar-refractivity contribution in [2.75, 3.05) is 13.1 Å². The molecular weight excluding hydrogens is 282 g/mol. The van der Waals surface area contributed by atoms with Crippen LogP contribution in [0.25, 0.3) is 0 Å². The first-order valence-electron chi connectivity index (χ1n) is 6.77. The maximum Gasteiger partial charge on any atom is 0.252 e. The largest absolute Gasteiger partial charge is 0.391 e. The Bertz CT molecular complexity index is 510. The maximum atomic E-state index is 12.5. The van der Waals surface area contributed by atoms with Crippen LogP contribution in [0.5, 0.6) is 0 Å². The van der Waals surface area contributed by atoms with Crippen LogP contribution < -0.4 is 0 Å². The van der Waals surface area contributed by atoms with E-state index in [1.165, 1.54) is 11.3 Å². The van der Waals surface area contributed by atoms with Crippen LogP contribution in [0, 0.1) is 5.92 Å². The highest BCUT2D eigenvalue weighted by atomic mass is 32.2. The van der Waals surface area contributed by atoms with Gasteiger partial charge in [0, 0.05) is 18.0 Å². The zero-order chi connectivity index (χ0) is 13.9. The number of rotatable bonds is 4. The summed E-state index contributed by atoms with van der Waals surface area (Å²) in [6, 6.07) is 3.29. The van der Waals surface area contributed by atoms with Crippen LogP contribution in [-0.2, 0) is 16.6 Å². The zero-order valence-corrected chi connectivity index (χ0v) is 12.8. The summed E-state index contributed by atoms with van der Waals surface area (Å²) < 4.78 is 27.0. The molecule has 1 aliphatic rings. The van der Waals surface area contributed by atoms with Crippen molar-refractivity contribution in [3.8, 4) is 0 Å². The molecule has 0 saturated carbocycles. The van der Waals surface area contributed by atoms with E-state index in [1.54, 1.807) is 16.4 Å². The Kier molecular flexibility index (Phi) is 5.00. The third-order valence-corrected chi connectivity index (χ3v) is 7.21. The molecule has 0 bridgehead atoms. The predicted molar refractivity (Wildman–Crippen MR) is 76.6 cm³/mol. The van der Waals surface area contributed by atoms with Crippen molar-refractivity contribution in [1.82, 2.24) is 4.31 Å². The van der Waals surface area contributed by atoms with Crippen molar-refractivity contribution >= 4 is 21.4 Å². The second kappa shape index (κ2) is 6.35. The van der Waals surface area contributed by atoms with Gasteiger partial charge in [0.05, 0.1) is 6.61 Å². The fraction of sp³-hybridized carbons (Fsp3) is 0.692. The Morgan fingerprint density at radius 3 is 2.79 bits per heavy atom. The summed E-state index contributed by atoms with van der Waals surface area (Å²) in [6.45, 7) is 3.30. The van der Waals surface area contributed by atoms with Gasteiger partial charge in [-0.25, -0.2) is 8.42 Å². The summed E-state index contributed by atoms with van der Waals surface area (Å²) in [5.74, 6) is 0.650. The van der Waals surface area contributed by atoms with E-state index >= 15 is 0 Å². The molecule has 108 valence electrons. The molecule has 4 nitrogen and oxygen atoms in total. The minimum absolute atomic E-state index is 0.0991. The number of aliphatic hydroxyl groups is 1. The molecule has 0 aromatic carbocycles. The summed E-state index contributed by atoms with van der Waals surface area (Å²) in [5, 5.41) is 9.04. The van der Waals surface area contributed by atoms with Crippen LogP contribution in [0.15, 0.2) is 16.3 Å². The number of sulfonamides is 1. The van der Waals surface area contributed by atoms with Crippen LogP contribution in [0.2, 0.25) is 0 Å². The Labute approximate surface area is 119 Å². The quantitative estimate of drug-likeness (QED) is 0.929. The summed E-state index contributed by atoms with van der Waals surface area (Å²) in [7, 11) is -3.37. The first kappa shape index (κ1) is 15.0. The topological polar surface area (TPSA) is 57.6 Å². The van der Waals surface area contributed by atoms with Crippen molar-refractivity contribution in [2.24, 2.45) is 5.92 Å². The van der Waals surface area contributed by atoms with E-state index in [0.29, 0.717) is 28.1 Å². The van der Waals surface area contributed by atoms with Gasteiger partial charge in [0.25, 0.3) is 10.0 Å². The lowest BCUT2D eigenvalue weighted by Crippen LogP contribution is -2.31. The molecule has 1 fully saturated rings. The Balaban J connectivity index is 2.15. The molecule has 1 aliphatic heterocycles. The van der Waals surface area contributed by atoms with E-state index < -0.39 is 10.0 Å². The number of nitrogens with zero attached hydrogens (tertiary/aromatic N) is 1. The highest BCUT2D eigenvalue weighted by Gasteiger charge is 2.28. The van der Waals surface area contributed by atoms with Crippen molar-refractivity contribution in [1.29, 1.82) is 0 Å². The van der Waals surface area contributed by atoms with Gasteiger partial charge in [-0.3, -0.25) is 0 Å². The Morgan fingerprint density at radius 1 is 1.37 bits per heavy atom. The predicted octanol–water partition coefficient (Wildman–Crippen LogP) is 2.44. The lowest BCUT2D eigenvalue weighted by atomic mass is 9.98. The van der Waals surface area contributed by atoms with E-state index in [0.717, 1.165) is 25.7 Å². The second-order valence-electron chi connectivity index (χ2n) is 4.99. The molecule has 19 heavy (non-hydrogen) atoms. The van der Waals surface area contributed by atoms with Crippen molar-refractivity contribution in [3.63, 3.8) is 0 Å². The monoisotopic (exact) mass is 303 g/mol. The molecule has 1 atom stereocenters. The van der Waals surface area contributed by atoms with Crippen LogP contribution in [0.4, 0.5) is 0 Å². The molecule has 6 heteroatoms. The van der Waals surface area contributed by atoms with Crippen LogP contribution in [-0.4, -0.2) is 30.9 Å². The zero-order valence-electron chi connectivity index (χ0n) is 11.2. The fourth-order valence-electron chi connectivity index (χ4n) is 2.50. The average Bonchev–Trinajstić information content (AvgIpc) is 2.76. The molecule has 2 rings (SSSR count). The SMILES string of the molecule is CCC1CCCN(S(=O)(=O)c2ccc(CO)s2)CC1. The average molecular weight is 303 g/mol. The molecule has 2 heterocycles. The second-order valence-corrected chi connectivity index (χ2v) is 8.32. The molecule has 0 amide bonds. The van der Waals surface area contributed by atoms with Crippen molar-refractivity contribution in [3.05, 3.63) is 17.0 Å². The molecule has 0 spiro atoms. The van der Waals surface area contributed by atoms with E-state index in [-0.39, 0.29) is 6.61 Å². The van der Waals surface area contributed by atoms with E-state index in [9.17, 15) is 8.42 Å². The van der Waals surface area contributed by atoms with Crippen LogP contribution in [0.3, 0.4) is 0 Å². The molecule has 1 aromatic rings. The summed E-state index contributed by atoms with van der Waals surface area (Å²) >= 11 is 1.17. The van der Waals surface area contributed by atoms with E-state index in [2.05, 4.69) is 6.92 Å².